The summed E-state index contributed by atoms with van der Waals surface area (Å²) in [6.07, 6.45) is 0. The lowest BCUT2D eigenvalue weighted by Crippen LogP contribution is -2.31. The van der Waals surface area contributed by atoms with Crippen LogP contribution in [0.3, 0.4) is 0 Å². The Morgan fingerprint density at radius 3 is 2.42 bits per heavy atom. The third-order valence-corrected chi connectivity index (χ3v) is 4.51. The molecular weight excluding hydrogens is 354 g/mol. The normalized spacial score (nSPS) is 12.1. The highest BCUT2D eigenvalue weighted by Gasteiger charge is 2.18. The zero-order valence-electron chi connectivity index (χ0n) is 13.2. The van der Waals surface area contributed by atoms with Gasteiger partial charge >= 0.3 is 0 Å². The van der Waals surface area contributed by atoms with E-state index >= 15 is 0 Å². The van der Waals surface area contributed by atoms with Crippen molar-refractivity contribution in [2.45, 2.75) is 18.7 Å². The average molecular weight is 370 g/mol. The number of sulfonamides is 1. The first-order valence-electron chi connectivity index (χ1n) is 6.79. The van der Waals surface area contributed by atoms with Gasteiger partial charge < -0.3 is 0 Å². The molecule has 10 heteroatoms. The first-order chi connectivity index (χ1) is 11.3. The van der Waals surface area contributed by atoms with Gasteiger partial charge in [-0.05, 0) is 32.0 Å². The molecule has 1 aromatic carbocycles. The van der Waals surface area contributed by atoms with Crippen LogP contribution in [0.15, 0.2) is 39.6 Å². The van der Waals surface area contributed by atoms with Crippen LogP contribution in [0.5, 0.6) is 0 Å². The molecule has 0 saturated heterocycles. The highest BCUT2D eigenvalue weighted by molar-refractivity contribution is 7.90. The predicted octanol–water partition coefficient (Wildman–Crippen LogP) is 2.05. The van der Waals surface area contributed by atoms with Crippen LogP contribution in [-0.4, -0.2) is 31.5 Å². The summed E-state index contributed by atoms with van der Waals surface area (Å²) in [5.74, 6) is -0.00687. The number of hydrogen-bond acceptors (Lipinski definition) is 5. The number of aryl methyl sites for hydroxylation is 2. The van der Waals surface area contributed by atoms with Crippen LogP contribution >= 0.6 is 11.6 Å². The van der Waals surface area contributed by atoms with Gasteiger partial charge in [0.1, 0.15) is 4.90 Å². The fourth-order valence-corrected chi connectivity index (χ4v) is 3.29. The molecule has 2 aromatic rings. The standard InChI is InChI=1S/C14H16ClN5O3S/c1-9-8-10(2)17-13(16-9)18-14(19-23-3)20-24(21,22)12-7-5-4-6-11(12)15/h4-8H,1-3H3,(H2,16,17,18,19,20). The molecule has 24 heavy (non-hydrogen) atoms. The predicted molar refractivity (Wildman–Crippen MR) is 91.3 cm³/mol. The van der Waals surface area contributed by atoms with E-state index in [0.29, 0.717) is 0 Å². The van der Waals surface area contributed by atoms with Gasteiger partial charge in [0, 0.05) is 11.4 Å². The van der Waals surface area contributed by atoms with E-state index < -0.39 is 10.0 Å². The SMILES string of the molecule is CONC(=NS(=O)(=O)c1ccccc1Cl)Nc1nc(C)cc(C)n1. The van der Waals surface area contributed by atoms with Gasteiger partial charge in [-0.2, -0.15) is 8.42 Å². The summed E-state index contributed by atoms with van der Waals surface area (Å²) in [5, 5.41) is 2.75. The van der Waals surface area contributed by atoms with Gasteiger partial charge in [0.05, 0.1) is 12.1 Å². The van der Waals surface area contributed by atoms with Crippen molar-refractivity contribution in [3.05, 3.63) is 46.7 Å². The van der Waals surface area contributed by atoms with E-state index in [1.54, 1.807) is 32.0 Å². The maximum absolute atomic E-state index is 12.4. The lowest BCUT2D eigenvalue weighted by atomic mass is 10.4. The van der Waals surface area contributed by atoms with Crippen molar-refractivity contribution < 1.29 is 13.3 Å². The molecule has 0 spiro atoms. The maximum Gasteiger partial charge on any atom is 0.287 e. The number of anilines is 1. The Labute approximate surface area is 145 Å². The first-order valence-corrected chi connectivity index (χ1v) is 8.61. The summed E-state index contributed by atoms with van der Waals surface area (Å²) >= 11 is 5.93. The van der Waals surface area contributed by atoms with Crippen LogP contribution in [0, 0.1) is 13.8 Å². The monoisotopic (exact) mass is 369 g/mol. The minimum Gasteiger partial charge on any atom is -0.292 e. The summed E-state index contributed by atoms with van der Waals surface area (Å²) in [4.78, 5) is 12.9. The van der Waals surface area contributed by atoms with E-state index in [1.165, 1.54) is 19.2 Å². The Kier molecular flexibility index (Phi) is 5.71. The molecule has 128 valence electrons. The fourth-order valence-electron chi connectivity index (χ4n) is 1.87. The van der Waals surface area contributed by atoms with Crippen LogP contribution in [0.2, 0.25) is 5.02 Å². The van der Waals surface area contributed by atoms with E-state index in [1.807, 2.05) is 0 Å². The van der Waals surface area contributed by atoms with Gasteiger partial charge in [0.25, 0.3) is 10.0 Å². The molecule has 2 rings (SSSR count). The quantitative estimate of drug-likeness (QED) is 0.482. The van der Waals surface area contributed by atoms with E-state index in [0.717, 1.165) is 11.4 Å². The molecule has 0 atom stereocenters. The zero-order valence-corrected chi connectivity index (χ0v) is 14.8. The molecule has 0 fully saturated rings. The summed E-state index contributed by atoms with van der Waals surface area (Å²) in [5.41, 5.74) is 3.79. The highest BCUT2D eigenvalue weighted by atomic mass is 35.5. The Bertz CT molecular complexity index is 850. The van der Waals surface area contributed by atoms with Crippen molar-refractivity contribution in [3.8, 4) is 0 Å². The lowest BCUT2D eigenvalue weighted by molar-refractivity contribution is 0.144. The van der Waals surface area contributed by atoms with E-state index in [2.05, 4.69) is 25.2 Å². The fraction of sp³-hybridized carbons (Fsp3) is 0.214. The van der Waals surface area contributed by atoms with E-state index in [9.17, 15) is 8.42 Å². The Morgan fingerprint density at radius 2 is 1.83 bits per heavy atom. The molecule has 0 aliphatic rings. The number of benzene rings is 1. The van der Waals surface area contributed by atoms with Gasteiger partial charge in [-0.25, -0.2) is 15.4 Å². The van der Waals surface area contributed by atoms with Gasteiger partial charge in [0.2, 0.25) is 11.9 Å². The Balaban J connectivity index is 2.39. The summed E-state index contributed by atoms with van der Waals surface area (Å²) in [6.45, 7) is 3.59. The van der Waals surface area contributed by atoms with Crippen LogP contribution in [0.1, 0.15) is 11.4 Å². The minimum absolute atomic E-state index is 0.0701. The third-order valence-electron chi connectivity index (χ3n) is 2.74. The second-order valence-corrected chi connectivity index (χ2v) is 6.73. The summed E-state index contributed by atoms with van der Waals surface area (Å²) in [7, 11) is -2.74. The van der Waals surface area contributed by atoms with Crippen molar-refractivity contribution in [2.75, 3.05) is 12.4 Å². The molecule has 1 heterocycles. The number of hydroxylamine groups is 1. The molecule has 0 radical (unpaired) electrons. The van der Waals surface area contributed by atoms with Crippen molar-refractivity contribution in [3.63, 3.8) is 0 Å². The number of guanidine groups is 1. The second kappa shape index (κ2) is 7.56. The molecule has 0 unspecified atom stereocenters. The summed E-state index contributed by atoms with van der Waals surface area (Å²) in [6, 6.07) is 7.79. The average Bonchev–Trinajstić information content (AvgIpc) is 2.46. The molecule has 0 aliphatic heterocycles. The molecule has 0 bridgehead atoms. The zero-order chi connectivity index (χ0) is 17.7. The smallest absolute Gasteiger partial charge is 0.287 e. The Morgan fingerprint density at radius 1 is 1.21 bits per heavy atom. The molecular formula is C14H16ClN5O3S. The van der Waals surface area contributed by atoms with Crippen molar-refractivity contribution >= 4 is 33.5 Å². The largest absolute Gasteiger partial charge is 0.292 e. The lowest BCUT2D eigenvalue weighted by Gasteiger charge is -2.10. The first kappa shape index (κ1) is 18.1. The topological polar surface area (TPSA) is 106 Å². The van der Waals surface area contributed by atoms with Crippen LogP contribution < -0.4 is 10.8 Å². The van der Waals surface area contributed by atoms with Crippen molar-refractivity contribution in [2.24, 2.45) is 4.40 Å². The molecule has 0 saturated carbocycles. The molecule has 8 nitrogen and oxygen atoms in total. The van der Waals surface area contributed by atoms with Crippen LogP contribution in [-0.2, 0) is 14.9 Å². The van der Waals surface area contributed by atoms with Crippen molar-refractivity contribution in [1.82, 2.24) is 15.4 Å². The number of nitrogens with one attached hydrogen (secondary N) is 2. The second-order valence-electron chi connectivity index (χ2n) is 4.75. The van der Waals surface area contributed by atoms with Gasteiger partial charge in [-0.15, -0.1) is 4.40 Å². The minimum atomic E-state index is -4.06. The number of halogens is 1. The third kappa shape index (κ3) is 4.63. The summed E-state index contributed by atoms with van der Waals surface area (Å²) < 4.78 is 28.5. The highest BCUT2D eigenvalue weighted by Crippen LogP contribution is 2.22. The van der Waals surface area contributed by atoms with Crippen molar-refractivity contribution in [1.29, 1.82) is 0 Å². The van der Waals surface area contributed by atoms with Gasteiger partial charge in [-0.1, -0.05) is 23.7 Å². The van der Waals surface area contributed by atoms with Gasteiger partial charge in [0.15, 0.2) is 0 Å². The number of rotatable bonds is 4. The molecule has 1 aromatic heterocycles. The molecule has 0 aliphatic carbocycles. The number of nitrogens with zero attached hydrogens (tertiary/aromatic N) is 3. The van der Waals surface area contributed by atoms with Crippen LogP contribution in [0.4, 0.5) is 5.95 Å². The maximum atomic E-state index is 12.4. The molecule has 0 amide bonds. The van der Waals surface area contributed by atoms with Crippen LogP contribution in [0.25, 0.3) is 0 Å². The number of aromatic nitrogens is 2. The van der Waals surface area contributed by atoms with E-state index in [4.69, 9.17) is 16.4 Å². The van der Waals surface area contributed by atoms with E-state index in [-0.39, 0.29) is 21.8 Å². The molecule has 2 N–H and O–H groups in total. The van der Waals surface area contributed by atoms with Gasteiger partial charge in [-0.3, -0.25) is 10.2 Å². The number of hydrogen-bond donors (Lipinski definition) is 2. The Hall–Kier alpha value is -2.23.